The molecule has 86 valence electrons. The molecule has 0 radical (unpaired) electrons. The quantitative estimate of drug-likeness (QED) is 0.780. The number of nitriles is 1. The molecule has 0 aromatic carbocycles. The number of rotatable bonds is 4. The molecule has 16 heavy (non-hydrogen) atoms. The van der Waals surface area contributed by atoms with Crippen LogP contribution >= 0.6 is 0 Å². The van der Waals surface area contributed by atoms with Crippen molar-refractivity contribution in [3.05, 3.63) is 17.5 Å². The summed E-state index contributed by atoms with van der Waals surface area (Å²) >= 11 is 0. The van der Waals surface area contributed by atoms with Crippen LogP contribution in [0.25, 0.3) is 0 Å². The third kappa shape index (κ3) is 3.85. The van der Waals surface area contributed by atoms with Gasteiger partial charge < -0.3 is 4.74 Å². The van der Waals surface area contributed by atoms with Gasteiger partial charge in [-0.1, -0.05) is 13.8 Å². The Kier molecular flexibility index (Phi) is 4.24. The van der Waals surface area contributed by atoms with Gasteiger partial charge in [-0.2, -0.15) is 10.2 Å². The van der Waals surface area contributed by atoms with Crippen LogP contribution in [0.2, 0.25) is 0 Å². The Balaban J connectivity index is 2.74. The molecular formula is C12H17N3O. The highest BCUT2D eigenvalue weighted by Crippen LogP contribution is 2.12. The fourth-order valence-electron chi connectivity index (χ4n) is 1.54. The maximum Gasteiger partial charge on any atom is 0.318 e. The van der Waals surface area contributed by atoms with Crippen LogP contribution in [-0.2, 0) is 0 Å². The molecular weight excluding hydrogens is 202 g/mol. The van der Waals surface area contributed by atoms with Crippen molar-refractivity contribution >= 4 is 0 Å². The van der Waals surface area contributed by atoms with E-state index in [1.165, 1.54) is 0 Å². The summed E-state index contributed by atoms with van der Waals surface area (Å²) in [6.07, 6.45) is 1.01. The number of aromatic nitrogens is 2. The molecule has 4 heteroatoms. The van der Waals surface area contributed by atoms with Crippen LogP contribution in [0, 0.1) is 24.2 Å². The molecule has 0 aliphatic heterocycles. The van der Waals surface area contributed by atoms with Crippen molar-refractivity contribution in [3.63, 3.8) is 0 Å². The molecule has 0 aliphatic carbocycles. The number of nitrogens with zero attached hydrogens (tertiary/aromatic N) is 3. The number of ether oxygens (including phenoxy) is 1. The fraction of sp³-hybridized carbons (Fsp3) is 0.583. The Morgan fingerprint density at radius 3 is 2.62 bits per heavy atom. The molecule has 0 amide bonds. The summed E-state index contributed by atoms with van der Waals surface area (Å²) in [6.45, 7) is 8.08. The highest BCUT2D eigenvalue weighted by atomic mass is 16.5. The first-order valence-electron chi connectivity index (χ1n) is 5.43. The first-order chi connectivity index (χ1) is 7.51. The number of aryl methyl sites for hydroxylation is 1. The molecule has 1 unspecified atom stereocenters. The average Bonchev–Trinajstić information content (AvgIpc) is 2.14. The predicted octanol–water partition coefficient (Wildman–Crippen LogP) is 2.47. The third-order valence-corrected chi connectivity index (χ3v) is 2.06. The summed E-state index contributed by atoms with van der Waals surface area (Å²) in [4.78, 5) is 8.15. The van der Waals surface area contributed by atoms with Crippen molar-refractivity contribution in [2.45, 2.75) is 40.2 Å². The normalized spacial score (nSPS) is 12.2. The summed E-state index contributed by atoms with van der Waals surface area (Å²) in [5.74, 6) is 0.565. The van der Waals surface area contributed by atoms with Crippen molar-refractivity contribution in [1.82, 2.24) is 9.97 Å². The largest absolute Gasteiger partial charge is 0.460 e. The van der Waals surface area contributed by atoms with E-state index in [0.29, 0.717) is 17.6 Å². The maximum atomic E-state index is 8.77. The van der Waals surface area contributed by atoms with Crippen LogP contribution in [0.15, 0.2) is 6.07 Å². The van der Waals surface area contributed by atoms with Crippen LogP contribution in [0.3, 0.4) is 0 Å². The zero-order valence-electron chi connectivity index (χ0n) is 10.2. The maximum absolute atomic E-state index is 8.77. The predicted molar refractivity (Wildman–Crippen MR) is 61.0 cm³/mol. The van der Waals surface area contributed by atoms with E-state index in [9.17, 15) is 0 Å². The molecule has 0 fully saturated rings. The first kappa shape index (κ1) is 12.4. The molecule has 0 aliphatic rings. The van der Waals surface area contributed by atoms with Crippen molar-refractivity contribution in [1.29, 1.82) is 5.26 Å². The lowest BCUT2D eigenvalue weighted by Crippen LogP contribution is -2.16. The molecule has 1 aromatic heterocycles. The molecule has 0 N–H and O–H groups in total. The van der Waals surface area contributed by atoms with Crippen molar-refractivity contribution < 1.29 is 4.74 Å². The van der Waals surface area contributed by atoms with Gasteiger partial charge in [0.25, 0.3) is 0 Å². The Hall–Kier alpha value is -1.63. The Bertz CT molecular complexity index is 396. The van der Waals surface area contributed by atoms with Gasteiger partial charge in [0.05, 0.1) is 6.10 Å². The van der Waals surface area contributed by atoms with Crippen LogP contribution < -0.4 is 4.74 Å². The lowest BCUT2D eigenvalue weighted by atomic mass is 10.1. The van der Waals surface area contributed by atoms with Crippen LogP contribution in [-0.4, -0.2) is 16.1 Å². The Labute approximate surface area is 96.3 Å². The molecule has 0 spiro atoms. The van der Waals surface area contributed by atoms with E-state index in [0.717, 1.165) is 12.1 Å². The fourth-order valence-corrected chi connectivity index (χ4v) is 1.54. The van der Waals surface area contributed by atoms with Crippen LogP contribution in [0.5, 0.6) is 6.01 Å². The van der Waals surface area contributed by atoms with Crippen LogP contribution in [0.4, 0.5) is 0 Å². The van der Waals surface area contributed by atoms with Gasteiger partial charge in [-0.05, 0) is 32.3 Å². The number of hydrogen-bond donors (Lipinski definition) is 0. The van der Waals surface area contributed by atoms with Crippen molar-refractivity contribution in [2.24, 2.45) is 5.92 Å². The molecule has 1 atom stereocenters. The smallest absolute Gasteiger partial charge is 0.318 e. The Morgan fingerprint density at radius 2 is 2.06 bits per heavy atom. The lowest BCUT2D eigenvalue weighted by Gasteiger charge is -2.15. The van der Waals surface area contributed by atoms with Crippen LogP contribution in [0.1, 0.15) is 38.6 Å². The summed E-state index contributed by atoms with van der Waals surface area (Å²) < 4.78 is 5.58. The second-order valence-electron chi connectivity index (χ2n) is 4.35. The van der Waals surface area contributed by atoms with E-state index in [1.54, 1.807) is 6.07 Å². The van der Waals surface area contributed by atoms with E-state index in [1.807, 2.05) is 19.9 Å². The monoisotopic (exact) mass is 219 g/mol. The molecule has 1 aromatic rings. The number of hydrogen-bond acceptors (Lipinski definition) is 4. The van der Waals surface area contributed by atoms with E-state index in [2.05, 4.69) is 23.8 Å². The minimum absolute atomic E-state index is 0.0633. The molecule has 1 rings (SSSR count). The second kappa shape index (κ2) is 5.45. The topological polar surface area (TPSA) is 58.8 Å². The second-order valence-corrected chi connectivity index (χ2v) is 4.35. The van der Waals surface area contributed by atoms with Crippen molar-refractivity contribution in [3.8, 4) is 12.1 Å². The summed E-state index contributed by atoms with van der Waals surface area (Å²) in [7, 11) is 0. The first-order valence-corrected chi connectivity index (χ1v) is 5.43. The summed E-state index contributed by atoms with van der Waals surface area (Å²) in [5, 5.41) is 8.77. The van der Waals surface area contributed by atoms with E-state index < -0.39 is 0 Å². The molecule has 0 saturated carbocycles. The van der Waals surface area contributed by atoms with E-state index in [-0.39, 0.29) is 6.10 Å². The SMILES string of the molecule is Cc1cc(C#N)nc(OC(C)CC(C)C)n1. The molecule has 1 heterocycles. The Morgan fingerprint density at radius 1 is 1.38 bits per heavy atom. The zero-order valence-corrected chi connectivity index (χ0v) is 10.2. The molecule has 4 nitrogen and oxygen atoms in total. The molecule has 0 saturated heterocycles. The zero-order chi connectivity index (χ0) is 12.1. The van der Waals surface area contributed by atoms with Gasteiger partial charge in [-0.15, -0.1) is 0 Å². The van der Waals surface area contributed by atoms with Gasteiger partial charge in [0, 0.05) is 5.69 Å². The van der Waals surface area contributed by atoms with Gasteiger partial charge >= 0.3 is 6.01 Å². The minimum atomic E-state index is 0.0633. The highest BCUT2D eigenvalue weighted by molar-refractivity contribution is 5.23. The summed E-state index contributed by atoms with van der Waals surface area (Å²) in [5.41, 5.74) is 1.09. The third-order valence-electron chi connectivity index (χ3n) is 2.06. The minimum Gasteiger partial charge on any atom is -0.460 e. The average molecular weight is 219 g/mol. The lowest BCUT2D eigenvalue weighted by molar-refractivity contribution is 0.177. The molecule has 0 bridgehead atoms. The van der Waals surface area contributed by atoms with Gasteiger partial charge in [-0.3, -0.25) is 0 Å². The van der Waals surface area contributed by atoms with Gasteiger partial charge in [0.1, 0.15) is 11.8 Å². The summed E-state index contributed by atoms with van der Waals surface area (Å²) in [6, 6.07) is 3.93. The van der Waals surface area contributed by atoms with E-state index >= 15 is 0 Å². The highest BCUT2D eigenvalue weighted by Gasteiger charge is 2.09. The van der Waals surface area contributed by atoms with Crippen molar-refractivity contribution in [2.75, 3.05) is 0 Å². The van der Waals surface area contributed by atoms with Gasteiger partial charge in [0.15, 0.2) is 0 Å². The van der Waals surface area contributed by atoms with Gasteiger partial charge in [-0.25, -0.2) is 4.98 Å². The standard InChI is InChI=1S/C12H17N3O/c1-8(2)5-10(4)16-12-14-9(3)6-11(7-13)15-12/h6,8,10H,5H2,1-4H3. The van der Waals surface area contributed by atoms with E-state index in [4.69, 9.17) is 10.00 Å². The van der Waals surface area contributed by atoms with Gasteiger partial charge in [0.2, 0.25) is 0 Å².